The van der Waals surface area contributed by atoms with Gasteiger partial charge in [-0.15, -0.1) is 0 Å². The summed E-state index contributed by atoms with van der Waals surface area (Å²) < 4.78 is 0. The van der Waals surface area contributed by atoms with E-state index >= 15 is 0 Å². The van der Waals surface area contributed by atoms with Gasteiger partial charge in [-0.1, -0.05) is 25.4 Å². The van der Waals surface area contributed by atoms with E-state index < -0.39 is 0 Å². The smallest absolute Gasteiger partial charge is 0.253 e. The monoisotopic (exact) mass is 256 g/mol. The summed E-state index contributed by atoms with van der Waals surface area (Å²) >= 11 is 5.64. The van der Waals surface area contributed by atoms with Gasteiger partial charge in [0.1, 0.15) is 5.15 Å². The molecule has 0 saturated heterocycles. The van der Waals surface area contributed by atoms with Gasteiger partial charge < -0.3 is 10.4 Å². The van der Waals surface area contributed by atoms with Crippen molar-refractivity contribution < 1.29 is 9.90 Å². The highest BCUT2D eigenvalue weighted by atomic mass is 35.5. The van der Waals surface area contributed by atoms with Crippen molar-refractivity contribution in [3.8, 4) is 0 Å². The minimum absolute atomic E-state index is 0.0645. The van der Waals surface area contributed by atoms with Crippen molar-refractivity contribution in [2.24, 2.45) is 5.92 Å². The van der Waals surface area contributed by atoms with Crippen LogP contribution in [0.2, 0.25) is 5.15 Å². The Bertz CT molecular complexity index is 365. The number of aliphatic hydroxyl groups excluding tert-OH is 1. The summed E-state index contributed by atoms with van der Waals surface area (Å²) in [6.45, 7) is 4.02. The number of aromatic nitrogens is 1. The standard InChI is InChI=1S/C12H17ClN2O2/c1-8(2)5-10(7-16)15-12(17)9-3-4-11(13)14-6-9/h3-4,6,8,10,16H,5,7H2,1-2H3,(H,15,17). The number of carbonyl (C=O) groups is 1. The Morgan fingerprint density at radius 3 is 2.71 bits per heavy atom. The van der Waals surface area contributed by atoms with Gasteiger partial charge in [0, 0.05) is 6.20 Å². The van der Waals surface area contributed by atoms with Crippen molar-refractivity contribution in [3.05, 3.63) is 29.0 Å². The highest BCUT2D eigenvalue weighted by Gasteiger charge is 2.14. The highest BCUT2D eigenvalue weighted by Crippen LogP contribution is 2.08. The molecule has 0 saturated carbocycles. The number of amides is 1. The largest absolute Gasteiger partial charge is 0.394 e. The highest BCUT2D eigenvalue weighted by molar-refractivity contribution is 6.29. The van der Waals surface area contributed by atoms with Crippen LogP contribution in [0.3, 0.4) is 0 Å². The van der Waals surface area contributed by atoms with Crippen LogP contribution in [0.4, 0.5) is 0 Å². The molecule has 0 radical (unpaired) electrons. The number of pyridine rings is 1. The summed E-state index contributed by atoms with van der Waals surface area (Å²) in [4.78, 5) is 15.6. The maximum absolute atomic E-state index is 11.8. The van der Waals surface area contributed by atoms with Crippen molar-refractivity contribution >= 4 is 17.5 Å². The zero-order valence-corrected chi connectivity index (χ0v) is 10.7. The van der Waals surface area contributed by atoms with E-state index in [2.05, 4.69) is 10.3 Å². The lowest BCUT2D eigenvalue weighted by molar-refractivity contribution is 0.0908. The van der Waals surface area contributed by atoms with E-state index in [4.69, 9.17) is 16.7 Å². The Labute approximate surface area is 106 Å². The van der Waals surface area contributed by atoms with E-state index in [1.165, 1.54) is 6.20 Å². The predicted molar refractivity (Wildman–Crippen MR) is 67.0 cm³/mol. The second-order valence-corrected chi connectivity index (χ2v) is 4.74. The summed E-state index contributed by atoms with van der Waals surface area (Å²) in [6, 6.07) is 2.94. The topological polar surface area (TPSA) is 62.2 Å². The fourth-order valence-electron chi connectivity index (χ4n) is 1.53. The van der Waals surface area contributed by atoms with Crippen LogP contribution < -0.4 is 5.32 Å². The van der Waals surface area contributed by atoms with Crippen molar-refractivity contribution in [1.82, 2.24) is 10.3 Å². The maximum Gasteiger partial charge on any atom is 0.253 e. The molecule has 0 aliphatic carbocycles. The molecule has 17 heavy (non-hydrogen) atoms. The average molecular weight is 257 g/mol. The molecule has 5 heteroatoms. The Balaban J connectivity index is 2.61. The van der Waals surface area contributed by atoms with Crippen molar-refractivity contribution in [3.63, 3.8) is 0 Å². The number of rotatable bonds is 5. The summed E-state index contributed by atoms with van der Waals surface area (Å²) in [5.41, 5.74) is 0.441. The SMILES string of the molecule is CC(C)CC(CO)NC(=O)c1ccc(Cl)nc1. The molecule has 1 heterocycles. The van der Waals surface area contributed by atoms with Gasteiger partial charge >= 0.3 is 0 Å². The molecule has 1 rings (SSSR count). The van der Waals surface area contributed by atoms with Gasteiger partial charge in [0.05, 0.1) is 18.2 Å². The van der Waals surface area contributed by atoms with Crippen molar-refractivity contribution in [2.75, 3.05) is 6.61 Å². The Hall–Kier alpha value is -1.13. The number of halogens is 1. The Morgan fingerprint density at radius 2 is 2.24 bits per heavy atom. The summed E-state index contributed by atoms with van der Waals surface area (Å²) in [5, 5.41) is 12.3. The number of hydrogen-bond acceptors (Lipinski definition) is 3. The van der Waals surface area contributed by atoms with Gasteiger partial charge in [-0.2, -0.15) is 0 Å². The first-order valence-electron chi connectivity index (χ1n) is 5.56. The van der Waals surface area contributed by atoms with Crippen molar-refractivity contribution in [2.45, 2.75) is 26.3 Å². The lowest BCUT2D eigenvalue weighted by Gasteiger charge is -2.18. The summed E-state index contributed by atoms with van der Waals surface area (Å²) in [6.07, 6.45) is 2.16. The van der Waals surface area contributed by atoms with Crippen LogP contribution >= 0.6 is 11.6 Å². The van der Waals surface area contributed by atoms with Gasteiger partial charge in [-0.25, -0.2) is 4.98 Å². The lowest BCUT2D eigenvalue weighted by Crippen LogP contribution is -2.38. The fraction of sp³-hybridized carbons (Fsp3) is 0.500. The Morgan fingerprint density at radius 1 is 1.53 bits per heavy atom. The second-order valence-electron chi connectivity index (χ2n) is 4.35. The minimum atomic E-state index is -0.242. The van der Waals surface area contributed by atoms with Crippen LogP contribution in [0, 0.1) is 5.92 Å². The molecular formula is C12H17ClN2O2. The number of carbonyl (C=O) groups excluding carboxylic acids is 1. The molecule has 0 aliphatic rings. The molecule has 1 amide bonds. The molecule has 1 aromatic rings. The van der Waals surface area contributed by atoms with E-state index in [9.17, 15) is 4.79 Å². The zero-order valence-electron chi connectivity index (χ0n) is 9.98. The third-order valence-electron chi connectivity index (χ3n) is 2.30. The lowest BCUT2D eigenvalue weighted by atomic mass is 10.0. The quantitative estimate of drug-likeness (QED) is 0.791. The van der Waals surface area contributed by atoms with E-state index in [0.29, 0.717) is 16.6 Å². The molecule has 94 valence electrons. The molecular weight excluding hydrogens is 240 g/mol. The third-order valence-corrected chi connectivity index (χ3v) is 2.52. The molecule has 1 atom stereocenters. The van der Waals surface area contributed by atoms with Gasteiger partial charge in [-0.3, -0.25) is 4.79 Å². The molecule has 1 unspecified atom stereocenters. The zero-order chi connectivity index (χ0) is 12.8. The van der Waals surface area contributed by atoms with Gasteiger partial charge in [-0.05, 0) is 24.5 Å². The first-order chi connectivity index (χ1) is 8.02. The van der Waals surface area contributed by atoms with Crippen LogP contribution in [0.15, 0.2) is 18.3 Å². The third kappa shape index (κ3) is 4.71. The maximum atomic E-state index is 11.8. The van der Waals surface area contributed by atoms with E-state index in [1.807, 2.05) is 13.8 Å². The average Bonchev–Trinajstić information content (AvgIpc) is 2.28. The number of nitrogens with zero attached hydrogens (tertiary/aromatic N) is 1. The van der Waals surface area contributed by atoms with Crippen LogP contribution in [-0.2, 0) is 0 Å². The van der Waals surface area contributed by atoms with Crippen molar-refractivity contribution in [1.29, 1.82) is 0 Å². The van der Waals surface area contributed by atoms with Crippen LogP contribution in [0.25, 0.3) is 0 Å². The molecule has 4 nitrogen and oxygen atoms in total. The van der Waals surface area contributed by atoms with Crippen LogP contribution in [0.1, 0.15) is 30.6 Å². The van der Waals surface area contributed by atoms with Crippen LogP contribution in [0.5, 0.6) is 0 Å². The molecule has 0 bridgehead atoms. The van der Waals surface area contributed by atoms with E-state index in [1.54, 1.807) is 12.1 Å². The molecule has 0 aliphatic heterocycles. The first kappa shape index (κ1) is 13.9. The van der Waals surface area contributed by atoms with Crippen LogP contribution in [-0.4, -0.2) is 28.6 Å². The van der Waals surface area contributed by atoms with Gasteiger partial charge in [0.2, 0.25) is 0 Å². The van der Waals surface area contributed by atoms with E-state index in [-0.39, 0.29) is 18.6 Å². The molecule has 0 fully saturated rings. The first-order valence-corrected chi connectivity index (χ1v) is 5.94. The number of nitrogens with one attached hydrogen (secondary N) is 1. The number of aliphatic hydroxyl groups is 1. The Kier molecular flexibility index (Phi) is 5.38. The fourth-order valence-corrected chi connectivity index (χ4v) is 1.64. The summed E-state index contributed by atoms with van der Waals surface area (Å²) in [5.74, 6) is 0.171. The predicted octanol–water partition coefficient (Wildman–Crippen LogP) is 1.87. The normalized spacial score (nSPS) is 12.5. The molecule has 1 aromatic heterocycles. The molecule has 2 N–H and O–H groups in total. The number of hydrogen-bond donors (Lipinski definition) is 2. The molecule has 0 aromatic carbocycles. The van der Waals surface area contributed by atoms with Gasteiger partial charge in [0.15, 0.2) is 0 Å². The van der Waals surface area contributed by atoms with E-state index in [0.717, 1.165) is 6.42 Å². The minimum Gasteiger partial charge on any atom is -0.394 e. The van der Waals surface area contributed by atoms with Gasteiger partial charge in [0.25, 0.3) is 5.91 Å². The molecule has 0 spiro atoms. The summed E-state index contributed by atoms with van der Waals surface area (Å²) in [7, 11) is 0. The second kappa shape index (κ2) is 6.57.